The van der Waals surface area contributed by atoms with Gasteiger partial charge in [-0.1, -0.05) is 12.1 Å². The molecule has 1 saturated heterocycles. The van der Waals surface area contributed by atoms with Crippen LogP contribution in [-0.4, -0.2) is 37.2 Å². The van der Waals surface area contributed by atoms with Crippen molar-refractivity contribution in [1.82, 2.24) is 4.98 Å². The molecule has 28 heavy (non-hydrogen) atoms. The van der Waals surface area contributed by atoms with Crippen molar-refractivity contribution < 1.29 is 9.53 Å². The molecule has 0 spiro atoms. The van der Waals surface area contributed by atoms with Gasteiger partial charge >= 0.3 is 0 Å². The standard InChI is InChI=1S/C21H21N3O2S2/c25-21(18-3-1-2-4-19(18)28-15-16-7-12-27-14-16)23-20-6-5-17(13-22-20)24-8-10-26-11-9-24/h1-7,12-14H,8-11,15H2,(H,22,23,25). The Balaban J connectivity index is 1.42. The lowest BCUT2D eigenvalue weighted by Gasteiger charge is -2.28. The van der Waals surface area contributed by atoms with Crippen molar-refractivity contribution in [2.45, 2.75) is 10.6 Å². The highest BCUT2D eigenvalue weighted by Gasteiger charge is 2.14. The zero-order chi connectivity index (χ0) is 19.2. The fraction of sp³-hybridized carbons (Fsp3) is 0.238. The minimum Gasteiger partial charge on any atom is -0.378 e. The first-order valence-electron chi connectivity index (χ1n) is 9.12. The van der Waals surface area contributed by atoms with E-state index in [0.29, 0.717) is 11.4 Å². The number of thiophene rings is 1. The summed E-state index contributed by atoms with van der Waals surface area (Å²) in [6.07, 6.45) is 1.80. The number of hydrogen-bond acceptors (Lipinski definition) is 6. The molecular weight excluding hydrogens is 390 g/mol. The Morgan fingerprint density at radius 2 is 2.04 bits per heavy atom. The quantitative estimate of drug-likeness (QED) is 0.604. The van der Waals surface area contributed by atoms with E-state index in [1.54, 1.807) is 29.3 Å². The third-order valence-corrected chi connectivity index (χ3v) is 6.35. The van der Waals surface area contributed by atoms with Crippen molar-refractivity contribution in [3.8, 4) is 0 Å². The molecule has 7 heteroatoms. The van der Waals surface area contributed by atoms with Gasteiger partial charge in [-0.2, -0.15) is 11.3 Å². The number of hydrogen-bond donors (Lipinski definition) is 1. The Morgan fingerprint density at radius 1 is 1.18 bits per heavy atom. The first kappa shape index (κ1) is 19.0. The van der Waals surface area contributed by atoms with Crippen LogP contribution >= 0.6 is 23.1 Å². The van der Waals surface area contributed by atoms with Gasteiger partial charge in [0, 0.05) is 23.7 Å². The molecule has 0 saturated carbocycles. The number of pyridine rings is 1. The third-order valence-electron chi connectivity index (χ3n) is 4.47. The molecule has 2 aromatic heterocycles. The topological polar surface area (TPSA) is 54.5 Å². The molecule has 1 aromatic carbocycles. The van der Waals surface area contributed by atoms with E-state index in [1.807, 2.05) is 36.4 Å². The van der Waals surface area contributed by atoms with Crippen LogP contribution in [0.1, 0.15) is 15.9 Å². The van der Waals surface area contributed by atoms with Crippen LogP contribution in [0.15, 0.2) is 64.3 Å². The van der Waals surface area contributed by atoms with Gasteiger partial charge < -0.3 is 15.0 Å². The molecule has 1 aliphatic rings. The van der Waals surface area contributed by atoms with E-state index in [9.17, 15) is 4.79 Å². The van der Waals surface area contributed by atoms with E-state index in [1.165, 1.54) is 5.56 Å². The zero-order valence-corrected chi connectivity index (χ0v) is 17.0. The fourth-order valence-corrected chi connectivity index (χ4v) is 4.74. The Kier molecular flexibility index (Phi) is 6.26. The summed E-state index contributed by atoms with van der Waals surface area (Å²) in [5, 5.41) is 7.12. The number of carbonyl (C=O) groups is 1. The molecule has 0 bridgehead atoms. The summed E-state index contributed by atoms with van der Waals surface area (Å²) in [5.74, 6) is 1.26. The van der Waals surface area contributed by atoms with Crippen LogP contribution in [0.3, 0.4) is 0 Å². The van der Waals surface area contributed by atoms with Crippen LogP contribution in [0.25, 0.3) is 0 Å². The van der Waals surface area contributed by atoms with Gasteiger partial charge in [-0.15, -0.1) is 11.8 Å². The lowest BCUT2D eigenvalue weighted by atomic mass is 10.2. The fourth-order valence-electron chi connectivity index (χ4n) is 2.97. The number of carbonyl (C=O) groups excluding carboxylic acids is 1. The minimum atomic E-state index is -0.139. The number of benzene rings is 1. The zero-order valence-electron chi connectivity index (χ0n) is 15.3. The maximum absolute atomic E-state index is 12.8. The number of ether oxygens (including phenoxy) is 1. The molecule has 1 fully saturated rings. The molecule has 3 heterocycles. The average molecular weight is 412 g/mol. The van der Waals surface area contributed by atoms with Crippen molar-refractivity contribution in [3.63, 3.8) is 0 Å². The summed E-state index contributed by atoms with van der Waals surface area (Å²) < 4.78 is 5.38. The van der Waals surface area contributed by atoms with Crippen molar-refractivity contribution in [1.29, 1.82) is 0 Å². The highest BCUT2D eigenvalue weighted by Crippen LogP contribution is 2.27. The van der Waals surface area contributed by atoms with E-state index in [4.69, 9.17) is 4.74 Å². The second-order valence-electron chi connectivity index (χ2n) is 6.37. The summed E-state index contributed by atoms with van der Waals surface area (Å²) in [5.41, 5.74) is 2.99. The Bertz CT molecular complexity index is 908. The monoisotopic (exact) mass is 411 g/mol. The predicted octanol–water partition coefficient (Wildman–Crippen LogP) is 4.52. The Hall–Kier alpha value is -2.35. The van der Waals surface area contributed by atoms with E-state index < -0.39 is 0 Å². The summed E-state index contributed by atoms with van der Waals surface area (Å²) in [6.45, 7) is 3.20. The largest absolute Gasteiger partial charge is 0.378 e. The predicted molar refractivity (Wildman–Crippen MR) is 116 cm³/mol. The normalized spacial score (nSPS) is 14.1. The minimum absolute atomic E-state index is 0.139. The van der Waals surface area contributed by atoms with Crippen LogP contribution in [0, 0.1) is 0 Å². The maximum atomic E-state index is 12.8. The van der Waals surface area contributed by atoms with Crippen molar-refractivity contribution in [3.05, 3.63) is 70.5 Å². The molecule has 1 amide bonds. The molecule has 1 aliphatic heterocycles. The van der Waals surface area contributed by atoms with E-state index in [-0.39, 0.29) is 5.91 Å². The molecule has 3 aromatic rings. The van der Waals surface area contributed by atoms with Gasteiger partial charge in [0.15, 0.2) is 0 Å². The first-order chi connectivity index (χ1) is 13.8. The number of nitrogens with zero attached hydrogens (tertiary/aromatic N) is 2. The number of rotatable bonds is 6. The van der Waals surface area contributed by atoms with Gasteiger partial charge in [0.25, 0.3) is 5.91 Å². The summed E-state index contributed by atoms with van der Waals surface area (Å²) in [6, 6.07) is 13.6. The molecule has 0 aliphatic carbocycles. The van der Waals surface area contributed by atoms with Crippen LogP contribution in [0.4, 0.5) is 11.5 Å². The third kappa shape index (κ3) is 4.73. The van der Waals surface area contributed by atoms with Gasteiger partial charge in [-0.05, 0) is 46.7 Å². The lowest BCUT2D eigenvalue weighted by molar-refractivity contribution is 0.102. The van der Waals surface area contributed by atoms with Crippen LogP contribution in [0.2, 0.25) is 0 Å². The van der Waals surface area contributed by atoms with Crippen molar-refractivity contribution in [2.75, 3.05) is 36.5 Å². The number of thioether (sulfide) groups is 1. The summed E-state index contributed by atoms with van der Waals surface area (Å²) >= 11 is 3.36. The number of anilines is 2. The highest BCUT2D eigenvalue weighted by molar-refractivity contribution is 7.98. The van der Waals surface area contributed by atoms with Gasteiger partial charge in [0.2, 0.25) is 0 Å². The molecule has 0 unspecified atom stereocenters. The van der Waals surface area contributed by atoms with Crippen LogP contribution < -0.4 is 10.2 Å². The second-order valence-corrected chi connectivity index (χ2v) is 8.17. The molecule has 1 N–H and O–H groups in total. The molecule has 144 valence electrons. The van der Waals surface area contributed by atoms with E-state index >= 15 is 0 Å². The molecule has 4 rings (SSSR count). The average Bonchev–Trinajstić information content (AvgIpc) is 3.27. The molecule has 0 atom stereocenters. The van der Waals surface area contributed by atoms with Gasteiger partial charge in [-0.25, -0.2) is 4.98 Å². The summed E-state index contributed by atoms with van der Waals surface area (Å²) in [7, 11) is 0. The summed E-state index contributed by atoms with van der Waals surface area (Å²) in [4.78, 5) is 20.4. The number of aromatic nitrogens is 1. The van der Waals surface area contributed by atoms with Gasteiger partial charge in [-0.3, -0.25) is 4.79 Å². The number of nitrogens with one attached hydrogen (secondary N) is 1. The SMILES string of the molecule is O=C(Nc1ccc(N2CCOCC2)cn1)c1ccccc1SCc1ccsc1. The van der Waals surface area contributed by atoms with Crippen molar-refractivity contribution in [2.24, 2.45) is 0 Å². The van der Waals surface area contributed by atoms with E-state index in [2.05, 4.69) is 32.0 Å². The highest BCUT2D eigenvalue weighted by atomic mass is 32.2. The van der Waals surface area contributed by atoms with Gasteiger partial charge in [0.1, 0.15) is 5.82 Å². The van der Waals surface area contributed by atoms with Crippen LogP contribution in [0.5, 0.6) is 0 Å². The van der Waals surface area contributed by atoms with Gasteiger partial charge in [0.05, 0.1) is 30.7 Å². The smallest absolute Gasteiger partial charge is 0.257 e. The second kappa shape index (κ2) is 9.23. The first-order valence-corrected chi connectivity index (χ1v) is 11.1. The Labute approximate surface area is 172 Å². The van der Waals surface area contributed by atoms with Crippen molar-refractivity contribution >= 4 is 40.5 Å². The maximum Gasteiger partial charge on any atom is 0.257 e. The Morgan fingerprint density at radius 3 is 2.79 bits per heavy atom. The molecule has 0 radical (unpaired) electrons. The lowest BCUT2D eigenvalue weighted by Crippen LogP contribution is -2.36. The molecular formula is C21H21N3O2S2. The number of amides is 1. The number of morpholine rings is 1. The molecule has 5 nitrogen and oxygen atoms in total. The van der Waals surface area contributed by atoms with E-state index in [0.717, 1.165) is 42.6 Å². The van der Waals surface area contributed by atoms with Crippen LogP contribution in [-0.2, 0) is 10.5 Å².